The van der Waals surface area contributed by atoms with Gasteiger partial charge in [0.15, 0.2) is 5.17 Å². The highest BCUT2D eigenvalue weighted by Gasteiger charge is 2.00. The molecule has 0 amide bonds. The van der Waals surface area contributed by atoms with Crippen LogP contribution in [0.5, 0.6) is 0 Å². The number of halogens is 1. The molecule has 13 heavy (non-hydrogen) atoms. The fraction of sp³-hybridized carbons (Fsp3) is 0.625. The highest BCUT2D eigenvalue weighted by atomic mass is 35.5. The number of aliphatic imine (C=N–C) groups is 2. The zero-order valence-electron chi connectivity index (χ0n) is 8.26. The fourth-order valence-electron chi connectivity index (χ4n) is 0.541. The minimum absolute atomic E-state index is 0.0366. The Kier molecular flexibility index (Phi) is 5.99. The Labute approximate surface area is 88.2 Å². The van der Waals surface area contributed by atoms with E-state index in [1.165, 1.54) is 11.8 Å². The second kappa shape index (κ2) is 6.16. The molecule has 0 fully saturated rings. The van der Waals surface area contributed by atoms with Gasteiger partial charge >= 0.3 is 0 Å². The third-order valence-corrected chi connectivity index (χ3v) is 1.97. The molecule has 0 aromatic rings. The minimum Gasteiger partial charge on any atom is -0.288 e. The molecule has 0 saturated carbocycles. The summed E-state index contributed by atoms with van der Waals surface area (Å²) in [6.45, 7) is 5.65. The van der Waals surface area contributed by atoms with Crippen LogP contribution in [-0.4, -0.2) is 28.3 Å². The second-order valence-corrected chi connectivity index (χ2v) is 3.87. The summed E-state index contributed by atoms with van der Waals surface area (Å²) in [7, 11) is 0. The molecule has 0 rings (SSSR count). The van der Waals surface area contributed by atoms with Gasteiger partial charge in [0.05, 0.1) is 5.71 Å². The van der Waals surface area contributed by atoms with Crippen molar-refractivity contribution >= 4 is 39.4 Å². The predicted molar refractivity (Wildman–Crippen MR) is 62.8 cm³/mol. The maximum absolute atomic E-state index is 7.12. The lowest BCUT2D eigenvalue weighted by atomic mass is 10.4. The molecule has 0 aliphatic rings. The van der Waals surface area contributed by atoms with Gasteiger partial charge in [-0.15, -0.1) is 0 Å². The molecule has 0 aliphatic heterocycles. The van der Waals surface area contributed by atoms with Gasteiger partial charge in [-0.1, -0.05) is 23.4 Å². The Morgan fingerprint density at radius 1 is 1.46 bits per heavy atom. The predicted octanol–water partition coefficient (Wildman–Crippen LogP) is 2.79. The van der Waals surface area contributed by atoms with Crippen LogP contribution in [0, 0.1) is 5.41 Å². The van der Waals surface area contributed by atoms with Crippen molar-refractivity contribution in [3.8, 4) is 0 Å². The molecule has 3 nitrogen and oxygen atoms in total. The van der Waals surface area contributed by atoms with Gasteiger partial charge in [-0.25, -0.2) is 4.99 Å². The lowest BCUT2D eigenvalue weighted by molar-refractivity contribution is 0.838. The second-order valence-electron chi connectivity index (χ2n) is 2.72. The molecule has 1 N–H and O–H groups in total. The van der Waals surface area contributed by atoms with Crippen molar-refractivity contribution in [1.29, 1.82) is 5.41 Å². The minimum atomic E-state index is -0.0366. The average molecular weight is 220 g/mol. The Balaban J connectivity index is 4.62. The molecule has 5 heteroatoms. The van der Waals surface area contributed by atoms with Crippen molar-refractivity contribution in [2.75, 3.05) is 6.26 Å². The van der Waals surface area contributed by atoms with Crippen molar-refractivity contribution in [1.82, 2.24) is 0 Å². The van der Waals surface area contributed by atoms with E-state index in [2.05, 4.69) is 9.98 Å². The number of rotatable bonds is 2. The highest BCUT2D eigenvalue weighted by Crippen LogP contribution is 2.04. The number of nitrogens with zero attached hydrogens (tertiary/aromatic N) is 2. The van der Waals surface area contributed by atoms with Crippen molar-refractivity contribution in [3.05, 3.63) is 0 Å². The molecule has 0 spiro atoms. The Hall–Kier alpha value is -0.350. The van der Waals surface area contributed by atoms with Gasteiger partial charge in [-0.2, -0.15) is 0 Å². The van der Waals surface area contributed by atoms with Crippen molar-refractivity contribution in [2.45, 2.75) is 26.8 Å². The SMILES string of the molecule is CSC(=NC(C)C)N=C(C)C(=N)Cl. The quantitative estimate of drug-likeness (QED) is 0.564. The first kappa shape index (κ1) is 12.7. The maximum atomic E-state index is 7.12. The smallest absolute Gasteiger partial charge is 0.183 e. The first-order valence-electron chi connectivity index (χ1n) is 3.89. The number of hydrogen-bond donors (Lipinski definition) is 1. The van der Waals surface area contributed by atoms with E-state index in [1.54, 1.807) is 6.92 Å². The monoisotopic (exact) mass is 219 g/mol. The van der Waals surface area contributed by atoms with E-state index in [1.807, 2.05) is 20.1 Å². The molecule has 0 heterocycles. The van der Waals surface area contributed by atoms with Crippen molar-refractivity contribution in [3.63, 3.8) is 0 Å². The highest BCUT2D eigenvalue weighted by molar-refractivity contribution is 8.13. The van der Waals surface area contributed by atoms with Crippen molar-refractivity contribution < 1.29 is 0 Å². The lowest BCUT2D eigenvalue weighted by Crippen LogP contribution is -2.05. The summed E-state index contributed by atoms with van der Waals surface area (Å²) >= 11 is 6.91. The van der Waals surface area contributed by atoms with Crippen LogP contribution in [0.15, 0.2) is 9.98 Å². The number of hydrogen-bond acceptors (Lipinski definition) is 3. The van der Waals surface area contributed by atoms with Gasteiger partial charge in [0.25, 0.3) is 0 Å². The van der Waals surface area contributed by atoms with E-state index in [4.69, 9.17) is 17.0 Å². The summed E-state index contributed by atoms with van der Waals surface area (Å²) < 4.78 is 0. The molecule has 0 saturated heterocycles. The largest absolute Gasteiger partial charge is 0.288 e. The van der Waals surface area contributed by atoms with Gasteiger partial charge in [0.2, 0.25) is 0 Å². The first-order chi connectivity index (χ1) is 5.97. The summed E-state index contributed by atoms with van der Waals surface area (Å²) in [5.41, 5.74) is 0.496. The van der Waals surface area contributed by atoms with Gasteiger partial charge in [-0.05, 0) is 27.0 Å². The summed E-state index contributed by atoms with van der Waals surface area (Å²) in [4.78, 5) is 8.36. The topological polar surface area (TPSA) is 48.6 Å². The van der Waals surface area contributed by atoms with E-state index in [0.29, 0.717) is 10.9 Å². The van der Waals surface area contributed by atoms with Gasteiger partial charge in [-0.3, -0.25) is 10.4 Å². The Morgan fingerprint density at radius 3 is 2.31 bits per heavy atom. The van der Waals surface area contributed by atoms with Crippen LogP contribution in [0.4, 0.5) is 0 Å². The molecule has 74 valence electrons. The molecule has 0 radical (unpaired) electrons. The van der Waals surface area contributed by atoms with E-state index >= 15 is 0 Å². The molecule has 0 bridgehead atoms. The third-order valence-electron chi connectivity index (χ3n) is 1.13. The molecule has 0 unspecified atom stereocenters. The van der Waals surface area contributed by atoms with E-state index < -0.39 is 0 Å². The average Bonchev–Trinajstić information content (AvgIpc) is 2.02. The summed E-state index contributed by atoms with van der Waals surface area (Å²) in [6, 6.07) is 0.212. The van der Waals surface area contributed by atoms with Crippen LogP contribution in [-0.2, 0) is 0 Å². The van der Waals surface area contributed by atoms with E-state index in [-0.39, 0.29) is 11.2 Å². The van der Waals surface area contributed by atoms with E-state index in [9.17, 15) is 0 Å². The van der Waals surface area contributed by atoms with Gasteiger partial charge < -0.3 is 0 Å². The molecular formula is C8H14ClN3S. The van der Waals surface area contributed by atoms with Crippen LogP contribution in [0.25, 0.3) is 0 Å². The standard InChI is InChI=1S/C8H14ClN3S/c1-5(2)11-8(13-4)12-6(3)7(9)10/h5,10H,1-4H3. The number of thioether (sulfide) groups is 1. The number of nitrogens with one attached hydrogen (secondary N) is 1. The van der Waals surface area contributed by atoms with Crippen LogP contribution >= 0.6 is 23.4 Å². The van der Waals surface area contributed by atoms with Gasteiger partial charge in [0.1, 0.15) is 5.17 Å². The molecule has 0 aliphatic carbocycles. The number of amidine groups is 1. The normalized spacial score (nSPS) is 13.7. The molecule has 0 aromatic carbocycles. The summed E-state index contributed by atoms with van der Waals surface area (Å²) in [5, 5.41) is 7.75. The van der Waals surface area contributed by atoms with Crippen LogP contribution in [0.1, 0.15) is 20.8 Å². The molecule has 0 atom stereocenters. The van der Waals surface area contributed by atoms with Crippen molar-refractivity contribution in [2.24, 2.45) is 9.98 Å². The molecular weight excluding hydrogens is 206 g/mol. The van der Waals surface area contributed by atoms with Crippen LogP contribution < -0.4 is 0 Å². The first-order valence-corrected chi connectivity index (χ1v) is 5.49. The zero-order chi connectivity index (χ0) is 10.4. The van der Waals surface area contributed by atoms with Crippen LogP contribution in [0.2, 0.25) is 0 Å². The van der Waals surface area contributed by atoms with E-state index in [0.717, 1.165) is 0 Å². The lowest BCUT2D eigenvalue weighted by Gasteiger charge is -2.01. The van der Waals surface area contributed by atoms with Gasteiger partial charge in [0, 0.05) is 6.04 Å². The Bertz CT molecular complexity index is 246. The summed E-state index contributed by atoms with van der Waals surface area (Å²) in [6.07, 6.45) is 1.90. The van der Waals surface area contributed by atoms with Crippen LogP contribution in [0.3, 0.4) is 0 Å². The zero-order valence-corrected chi connectivity index (χ0v) is 9.83. The molecule has 0 aromatic heterocycles. The Morgan fingerprint density at radius 2 is 2.00 bits per heavy atom. The third kappa shape index (κ3) is 5.82. The summed E-state index contributed by atoms with van der Waals surface area (Å²) in [5.74, 6) is 0. The maximum Gasteiger partial charge on any atom is 0.183 e. The fourth-order valence-corrected chi connectivity index (χ4v) is 1.13.